The second kappa shape index (κ2) is 14.9. The average Bonchev–Trinajstić information content (AvgIpc) is 2.94. The average molecular weight is 643 g/mol. The maximum Gasteiger partial charge on any atom is 0.254 e. The molecule has 41 heavy (non-hydrogen) atoms. The number of piperazine rings is 1. The molecule has 2 saturated heterocycles. The minimum Gasteiger partial charge on any atom is -0.399 e. The van der Waals surface area contributed by atoms with Gasteiger partial charge in [-0.15, -0.1) is 0 Å². The number of nitrogens with zero attached hydrogens (tertiary/aromatic N) is 4. The lowest BCUT2D eigenvalue weighted by atomic mass is 9.89. The molecule has 2 heterocycles. The SMILES string of the molecule is CO/N=C(\CN(C)C(=O)c1cc(Cl)cc(Cl)c1)C(CCN1CCC(N2CCNCC2=O)CC1)c1ccc(Cl)c(Cl)c1. The van der Waals surface area contributed by atoms with E-state index in [1.165, 1.54) is 7.11 Å². The number of rotatable bonds is 10. The molecule has 8 nitrogen and oxygen atoms in total. The van der Waals surface area contributed by atoms with Crippen LogP contribution in [0.25, 0.3) is 0 Å². The van der Waals surface area contributed by atoms with Gasteiger partial charge in [-0.2, -0.15) is 0 Å². The molecule has 2 aromatic carbocycles. The molecular formula is C29H35Cl4N5O3. The van der Waals surface area contributed by atoms with Crippen molar-refractivity contribution in [2.24, 2.45) is 5.16 Å². The van der Waals surface area contributed by atoms with E-state index >= 15 is 0 Å². The third-order valence-corrected chi connectivity index (χ3v) is 8.85. The van der Waals surface area contributed by atoms with Crippen LogP contribution in [0.15, 0.2) is 41.6 Å². The van der Waals surface area contributed by atoms with Gasteiger partial charge in [0.25, 0.3) is 5.91 Å². The number of likely N-dealkylation sites (tertiary alicyclic amines) is 1. The number of carbonyl (C=O) groups excluding carboxylic acids is 2. The van der Waals surface area contributed by atoms with Crippen LogP contribution in [-0.4, -0.2) is 98.2 Å². The van der Waals surface area contributed by atoms with Gasteiger partial charge < -0.3 is 24.9 Å². The number of nitrogens with one attached hydrogen (secondary N) is 1. The van der Waals surface area contributed by atoms with Gasteiger partial charge in [-0.25, -0.2) is 0 Å². The summed E-state index contributed by atoms with van der Waals surface area (Å²) in [6, 6.07) is 10.6. The molecule has 2 aliphatic rings. The first-order valence-electron chi connectivity index (χ1n) is 13.6. The van der Waals surface area contributed by atoms with Crippen molar-refractivity contribution in [1.82, 2.24) is 20.0 Å². The van der Waals surface area contributed by atoms with E-state index in [2.05, 4.69) is 15.4 Å². The standard InChI is InChI=1S/C29H35Cl4N5O3/c1-36(29(40)20-13-21(30)16-22(31)14-20)18-27(35-41-2)24(19-3-4-25(32)26(33)15-19)7-11-37-9-5-23(6-10-37)38-12-8-34-17-28(38)39/h3-4,13-16,23-24,34H,5-12,17-18H2,1-2H3/b35-27+. The predicted molar refractivity (Wildman–Crippen MR) is 166 cm³/mol. The van der Waals surface area contributed by atoms with Crippen LogP contribution >= 0.6 is 46.4 Å². The highest BCUT2D eigenvalue weighted by atomic mass is 35.5. The second-order valence-electron chi connectivity index (χ2n) is 10.4. The third kappa shape index (κ3) is 8.49. The van der Waals surface area contributed by atoms with Crippen LogP contribution in [-0.2, 0) is 9.63 Å². The number of hydrogen-bond donors (Lipinski definition) is 1. The van der Waals surface area contributed by atoms with E-state index in [0.717, 1.165) is 57.5 Å². The number of carbonyl (C=O) groups is 2. The van der Waals surface area contributed by atoms with Crippen LogP contribution in [0.4, 0.5) is 0 Å². The van der Waals surface area contributed by atoms with Gasteiger partial charge in [0.05, 0.1) is 28.8 Å². The fourth-order valence-electron chi connectivity index (χ4n) is 5.56. The molecule has 1 N–H and O–H groups in total. The Morgan fingerprint density at radius 2 is 1.78 bits per heavy atom. The van der Waals surface area contributed by atoms with Crippen LogP contribution in [0.2, 0.25) is 20.1 Å². The molecule has 4 rings (SSSR count). The molecule has 2 aliphatic heterocycles. The zero-order chi connectivity index (χ0) is 29.5. The summed E-state index contributed by atoms with van der Waals surface area (Å²) in [4.78, 5) is 36.9. The highest BCUT2D eigenvalue weighted by Gasteiger charge is 2.30. The van der Waals surface area contributed by atoms with Crippen LogP contribution in [0.3, 0.4) is 0 Å². The lowest BCUT2D eigenvalue weighted by molar-refractivity contribution is -0.135. The molecule has 0 saturated carbocycles. The van der Waals surface area contributed by atoms with Gasteiger partial charge in [-0.3, -0.25) is 9.59 Å². The van der Waals surface area contributed by atoms with Crippen LogP contribution in [0, 0.1) is 0 Å². The van der Waals surface area contributed by atoms with Gasteiger partial charge in [-0.05, 0) is 61.7 Å². The number of oxime groups is 1. The molecule has 0 aromatic heterocycles. The van der Waals surface area contributed by atoms with E-state index in [9.17, 15) is 9.59 Å². The molecule has 2 aromatic rings. The summed E-state index contributed by atoms with van der Waals surface area (Å²) in [7, 11) is 3.20. The summed E-state index contributed by atoms with van der Waals surface area (Å²) in [6.07, 6.45) is 2.62. The summed E-state index contributed by atoms with van der Waals surface area (Å²) in [5.74, 6) is -0.237. The first-order chi connectivity index (χ1) is 19.7. The number of halogens is 4. The summed E-state index contributed by atoms with van der Waals surface area (Å²) >= 11 is 24.9. The summed E-state index contributed by atoms with van der Waals surface area (Å²) in [5.41, 5.74) is 2.00. The van der Waals surface area contributed by atoms with Crippen molar-refractivity contribution in [3.05, 3.63) is 67.6 Å². The zero-order valence-corrected chi connectivity index (χ0v) is 26.2. The largest absolute Gasteiger partial charge is 0.399 e. The van der Waals surface area contributed by atoms with E-state index in [4.69, 9.17) is 51.2 Å². The number of amides is 2. The quantitative estimate of drug-likeness (QED) is 0.276. The van der Waals surface area contributed by atoms with E-state index in [1.54, 1.807) is 36.2 Å². The molecular weight excluding hydrogens is 608 g/mol. The Morgan fingerprint density at radius 3 is 2.41 bits per heavy atom. The van der Waals surface area contributed by atoms with Crippen molar-refractivity contribution < 1.29 is 14.4 Å². The highest BCUT2D eigenvalue weighted by molar-refractivity contribution is 6.42. The number of benzene rings is 2. The Balaban J connectivity index is 1.48. The molecule has 0 aliphatic carbocycles. The Labute approximate surface area is 261 Å². The van der Waals surface area contributed by atoms with Crippen molar-refractivity contribution in [1.29, 1.82) is 0 Å². The van der Waals surface area contributed by atoms with Crippen molar-refractivity contribution in [3.8, 4) is 0 Å². The van der Waals surface area contributed by atoms with Crippen LogP contribution in [0.5, 0.6) is 0 Å². The third-order valence-electron chi connectivity index (χ3n) is 7.67. The Kier molecular flexibility index (Phi) is 11.6. The van der Waals surface area contributed by atoms with Gasteiger partial charge in [0, 0.05) is 60.8 Å². The van der Waals surface area contributed by atoms with Crippen LogP contribution in [0.1, 0.15) is 41.1 Å². The fourth-order valence-corrected chi connectivity index (χ4v) is 6.39. The normalized spacial score (nSPS) is 18.0. The fraction of sp³-hybridized carbons (Fsp3) is 0.483. The van der Waals surface area contributed by atoms with Crippen molar-refractivity contribution in [2.75, 3.05) is 60.0 Å². The van der Waals surface area contributed by atoms with Crippen LogP contribution < -0.4 is 5.32 Å². The van der Waals surface area contributed by atoms with Gasteiger partial charge >= 0.3 is 0 Å². The highest BCUT2D eigenvalue weighted by Crippen LogP contribution is 2.31. The molecule has 0 radical (unpaired) electrons. The van der Waals surface area contributed by atoms with Gasteiger partial charge in [-0.1, -0.05) is 57.6 Å². The molecule has 1 unspecified atom stereocenters. The first kappa shape index (κ1) is 31.9. The Bertz CT molecular complexity index is 1250. The predicted octanol–water partition coefficient (Wildman–Crippen LogP) is 5.44. The minimum absolute atomic E-state index is 0.185. The van der Waals surface area contributed by atoms with Crippen molar-refractivity contribution in [3.63, 3.8) is 0 Å². The summed E-state index contributed by atoms with van der Waals surface area (Å²) in [5, 5.41) is 9.21. The summed E-state index contributed by atoms with van der Waals surface area (Å²) in [6.45, 7) is 4.87. The van der Waals surface area contributed by atoms with Crippen molar-refractivity contribution >= 4 is 63.9 Å². The van der Waals surface area contributed by atoms with Gasteiger partial charge in [0.1, 0.15) is 7.11 Å². The second-order valence-corrected chi connectivity index (χ2v) is 12.1. The smallest absolute Gasteiger partial charge is 0.254 e. The van der Waals surface area contributed by atoms with E-state index < -0.39 is 0 Å². The minimum atomic E-state index is -0.240. The van der Waals surface area contributed by atoms with E-state index in [-0.39, 0.29) is 30.3 Å². The van der Waals surface area contributed by atoms with E-state index in [1.807, 2.05) is 17.0 Å². The van der Waals surface area contributed by atoms with Gasteiger partial charge in [0.2, 0.25) is 5.91 Å². The zero-order valence-electron chi connectivity index (χ0n) is 23.2. The Hall–Kier alpha value is -2.07. The molecule has 2 amide bonds. The maximum absolute atomic E-state index is 13.3. The van der Waals surface area contributed by atoms with Gasteiger partial charge in [0.15, 0.2) is 0 Å². The molecule has 2 fully saturated rings. The first-order valence-corrected chi connectivity index (χ1v) is 15.2. The maximum atomic E-state index is 13.3. The van der Waals surface area contributed by atoms with Crippen molar-refractivity contribution in [2.45, 2.75) is 31.2 Å². The lowest BCUT2D eigenvalue weighted by Crippen LogP contribution is -2.55. The lowest BCUT2D eigenvalue weighted by Gasteiger charge is -2.40. The molecule has 0 spiro atoms. The molecule has 0 bridgehead atoms. The number of piperidine rings is 1. The number of hydrogen-bond acceptors (Lipinski definition) is 6. The Morgan fingerprint density at radius 1 is 1.07 bits per heavy atom. The summed E-state index contributed by atoms with van der Waals surface area (Å²) < 4.78 is 0. The van der Waals surface area contributed by atoms with E-state index in [0.29, 0.717) is 37.9 Å². The molecule has 222 valence electrons. The molecule has 1 atom stereocenters. The topological polar surface area (TPSA) is 77.5 Å². The molecule has 12 heteroatoms. The monoisotopic (exact) mass is 641 g/mol.